The summed E-state index contributed by atoms with van der Waals surface area (Å²) in [6.07, 6.45) is -23.9. The molecule has 0 aliphatic rings. The average molecular weight is 523 g/mol. The number of rotatable bonds is 2. The van der Waals surface area contributed by atoms with Gasteiger partial charge in [-0.05, 0) is 23.7 Å². The van der Waals surface area contributed by atoms with E-state index in [0.717, 1.165) is 0 Å². The van der Waals surface area contributed by atoms with Gasteiger partial charge in [-0.1, -0.05) is 0 Å². The van der Waals surface area contributed by atoms with E-state index in [0.29, 0.717) is 0 Å². The van der Waals surface area contributed by atoms with E-state index in [1.54, 1.807) is 0 Å². The van der Waals surface area contributed by atoms with Crippen LogP contribution in [0.3, 0.4) is 0 Å². The average Bonchev–Trinajstić information content (AvgIpc) is 2.34. The number of hydrogen-bond donors (Lipinski definition) is 0. The van der Waals surface area contributed by atoms with E-state index >= 15 is 0 Å². The molecule has 0 amide bonds. The first-order chi connectivity index (χ1) is 11.1. The first-order valence-corrected chi connectivity index (χ1v) is 5.24. The summed E-state index contributed by atoms with van der Waals surface area (Å²) in [7, 11) is 0. The maximum atomic E-state index is 11.3. The van der Waals surface area contributed by atoms with Crippen LogP contribution in [0.15, 0.2) is 23.7 Å². The molecule has 0 spiro atoms. The Balaban J connectivity index is -0.0000000847. The van der Waals surface area contributed by atoms with Gasteiger partial charge in [0.05, 0.1) is 0 Å². The fraction of sp³-hybridized carbons (Fsp3) is 0.400. The van der Waals surface area contributed by atoms with Crippen LogP contribution in [0, 0.1) is 0 Å². The van der Waals surface area contributed by atoms with E-state index in [1.165, 1.54) is 0 Å². The van der Waals surface area contributed by atoms with Crippen LogP contribution in [0.5, 0.6) is 0 Å². The molecule has 0 bridgehead atoms. The fourth-order valence-corrected chi connectivity index (χ4v) is 0.565. The number of carbonyl (C=O) groups excluding carboxylic acids is 2. The normalized spacial score (nSPS) is 12.5. The Kier molecular flexibility index (Phi) is 19.8. The Morgan fingerprint density at radius 1 is 0.500 bits per heavy atom. The Labute approximate surface area is 167 Å². The van der Waals surface area contributed by atoms with Crippen LogP contribution in [-0.2, 0) is 26.7 Å². The molecule has 0 rings (SSSR count). The molecule has 0 aliphatic carbocycles. The standard InChI is InChI=1S/2C5H2F6O2.Mn.3H2O/c2*6-4(7,8)2(12)1-3(13)5(9,10)11;;;;/h2*1,12H;;3*1H2/p-2/b2*2-1-;;;;. The van der Waals surface area contributed by atoms with E-state index in [1.807, 2.05) is 0 Å². The molecule has 0 saturated carbocycles. The van der Waals surface area contributed by atoms with Gasteiger partial charge in [-0.15, -0.1) is 0 Å². The van der Waals surface area contributed by atoms with Crippen LogP contribution in [-0.4, -0.2) is 52.7 Å². The first kappa shape index (κ1) is 42.2. The zero-order valence-corrected chi connectivity index (χ0v) is 14.4. The molecule has 0 heterocycles. The summed E-state index contributed by atoms with van der Waals surface area (Å²) in [5.41, 5.74) is 0. The molecule has 0 aromatic carbocycles. The minimum absolute atomic E-state index is 0. The third-order valence-electron chi connectivity index (χ3n) is 1.64. The Morgan fingerprint density at radius 3 is 0.767 bits per heavy atom. The zero-order chi connectivity index (χ0) is 21.7. The van der Waals surface area contributed by atoms with Gasteiger partial charge < -0.3 is 26.6 Å². The summed E-state index contributed by atoms with van der Waals surface area (Å²) in [4.78, 5) is 19.6. The monoisotopic (exact) mass is 523 g/mol. The summed E-state index contributed by atoms with van der Waals surface area (Å²) in [5.74, 6) is -11.3. The van der Waals surface area contributed by atoms with Gasteiger partial charge in [0.1, 0.15) is 0 Å². The molecule has 30 heavy (non-hydrogen) atoms. The summed E-state index contributed by atoms with van der Waals surface area (Å²) < 4.78 is 136. The molecule has 7 nitrogen and oxygen atoms in total. The third-order valence-corrected chi connectivity index (χ3v) is 1.64. The second-order valence-corrected chi connectivity index (χ2v) is 3.74. The van der Waals surface area contributed by atoms with Crippen molar-refractivity contribution >= 4 is 11.6 Å². The van der Waals surface area contributed by atoms with E-state index in [9.17, 15) is 72.5 Å². The van der Waals surface area contributed by atoms with Gasteiger partial charge in [0.15, 0.2) is 0 Å². The molecular weight excluding hydrogens is 515 g/mol. The molecule has 0 aromatic rings. The number of ketones is 2. The van der Waals surface area contributed by atoms with Gasteiger partial charge in [0, 0.05) is 17.1 Å². The van der Waals surface area contributed by atoms with Crippen molar-refractivity contribution < 1.29 is 106 Å². The zero-order valence-electron chi connectivity index (χ0n) is 13.2. The van der Waals surface area contributed by atoms with Gasteiger partial charge in [0.25, 0.3) is 11.6 Å². The van der Waals surface area contributed by atoms with Crippen molar-refractivity contribution in [1.29, 1.82) is 0 Å². The number of alkyl halides is 12. The molecule has 1 radical (unpaired) electrons. The van der Waals surface area contributed by atoms with Crippen molar-refractivity contribution in [2.45, 2.75) is 24.7 Å². The smallest absolute Gasteiger partial charge is 0.454 e. The molecule has 0 aromatic heterocycles. The number of hydrogen-bond acceptors (Lipinski definition) is 4. The van der Waals surface area contributed by atoms with Crippen molar-refractivity contribution in [3.8, 4) is 0 Å². The van der Waals surface area contributed by atoms with Gasteiger partial charge >= 0.3 is 24.7 Å². The minimum atomic E-state index is -5.46. The summed E-state index contributed by atoms with van der Waals surface area (Å²) in [6.45, 7) is 0. The largest absolute Gasteiger partial charge is 0.869 e. The van der Waals surface area contributed by atoms with Gasteiger partial charge in [0.2, 0.25) is 0 Å². The number of allylic oxidation sites excluding steroid dienone is 4. The van der Waals surface area contributed by atoms with Crippen LogP contribution in [0.4, 0.5) is 52.7 Å². The SMILES string of the molecule is O.O.O.O=C(/C=C(\[O-])C(F)(F)F)C(F)(F)F.O=C(/C=C(\[O-])C(F)(F)F)C(F)(F)F.[Mn]. The third kappa shape index (κ3) is 18.0. The summed E-state index contributed by atoms with van der Waals surface area (Å²) >= 11 is 0. The van der Waals surface area contributed by atoms with Crippen LogP contribution < -0.4 is 10.2 Å². The topological polar surface area (TPSA) is 175 Å². The van der Waals surface area contributed by atoms with Crippen LogP contribution >= 0.6 is 0 Å². The quantitative estimate of drug-likeness (QED) is 0.203. The molecule has 183 valence electrons. The minimum Gasteiger partial charge on any atom is -0.869 e. The van der Waals surface area contributed by atoms with Crippen molar-refractivity contribution in [3.05, 3.63) is 23.7 Å². The van der Waals surface area contributed by atoms with Crippen molar-refractivity contribution in [3.63, 3.8) is 0 Å². The maximum Gasteiger partial charge on any atom is 0.454 e. The second kappa shape index (κ2) is 14.1. The summed E-state index contributed by atoms with van der Waals surface area (Å²) in [6, 6.07) is 0. The van der Waals surface area contributed by atoms with Crippen molar-refractivity contribution in [2.75, 3.05) is 0 Å². The van der Waals surface area contributed by atoms with Crippen LogP contribution in [0.2, 0.25) is 0 Å². The second-order valence-electron chi connectivity index (χ2n) is 3.74. The van der Waals surface area contributed by atoms with Crippen LogP contribution in [0.1, 0.15) is 0 Å². The van der Waals surface area contributed by atoms with Gasteiger partial charge in [-0.2, -0.15) is 52.7 Å². The van der Waals surface area contributed by atoms with Crippen LogP contribution in [0.25, 0.3) is 0 Å². The Morgan fingerprint density at radius 2 is 0.667 bits per heavy atom. The fourth-order valence-electron chi connectivity index (χ4n) is 0.565. The molecule has 0 unspecified atom stereocenters. The van der Waals surface area contributed by atoms with E-state index in [4.69, 9.17) is 0 Å². The molecule has 0 aliphatic heterocycles. The predicted octanol–water partition coefficient (Wildman–Crippen LogP) is -0.628. The van der Waals surface area contributed by atoms with Gasteiger partial charge in [-0.3, -0.25) is 9.59 Å². The molecule has 0 fully saturated rings. The molecule has 0 saturated heterocycles. The van der Waals surface area contributed by atoms with Crippen molar-refractivity contribution in [2.24, 2.45) is 0 Å². The molecular formula is C10H8F12MnO7-2. The van der Waals surface area contributed by atoms with E-state index in [-0.39, 0.29) is 33.5 Å². The van der Waals surface area contributed by atoms with E-state index < -0.39 is 59.9 Å². The molecule has 20 heteroatoms. The number of carbonyl (C=O) groups is 2. The molecule has 6 N–H and O–H groups in total. The van der Waals surface area contributed by atoms with Crippen molar-refractivity contribution in [1.82, 2.24) is 0 Å². The summed E-state index contributed by atoms with van der Waals surface area (Å²) in [5, 5.41) is 19.6. The maximum absolute atomic E-state index is 11.3. The molecule has 0 atom stereocenters. The van der Waals surface area contributed by atoms with Gasteiger partial charge in [-0.25, -0.2) is 0 Å². The number of halogens is 12. The van der Waals surface area contributed by atoms with E-state index in [2.05, 4.69) is 0 Å². The first-order valence-electron chi connectivity index (χ1n) is 5.24. The Hall–Kier alpha value is -2.02. The Bertz CT molecular complexity index is 534. The predicted molar refractivity (Wildman–Crippen MR) is 61.2 cm³/mol.